The van der Waals surface area contributed by atoms with E-state index in [1.807, 2.05) is 0 Å². The van der Waals surface area contributed by atoms with Gasteiger partial charge in [-0.05, 0) is 30.7 Å². The molecule has 0 radical (unpaired) electrons. The second-order valence-electron chi connectivity index (χ2n) is 5.71. The van der Waals surface area contributed by atoms with Crippen molar-refractivity contribution in [3.63, 3.8) is 0 Å². The first-order valence-corrected chi connectivity index (χ1v) is 8.23. The van der Waals surface area contributed by atoms with Gasteiger partial charge in [-0.1, -0.05) is 6.92 Å². The molecule has 0 saturated heterocycles. The van der Waals surface area contributed by atoms with Crippen LogP contribution in [-0.2, 0) is 24.1 Å². The van der Waals surface area contributed by atoms with Crippen molar-refractivity contribution in [1.82, 2.24) is 15.3 Å². The molecule has 2 aromatic rings. The molecule has 0 bridgehead atoms. The predicted molar refractivity (Wildman–Crippen MR) is 85.0 cm³/mol. The fourth-order valence-electron chi connectivity index (χ4n) is 2.86. The van der Waals surface area contributed by atoms with E-state index in [2.05, 4.69) is 22.2 Å². The van der Waals surface area contributed by atoms with Crippen LogP contribution in [0.3, 0.4) is 0 Å². The van der Waals surface area contributed by atoms with Gasteiger partial charge >= 0.3 is 0 Å². The third-order valence-corrected chi connectivity index (χ3v) is 5.14. The van der Waals surface area contributed by atoms with Crippen molar-refractivity contribution in [2.75, 3.05) is 20.3 Å². The number of aromatic amines is 1. The van der Waals surface area contributed by atoms with Gasteiger partial charge in [0, 0.05) is 18.5 Å². The number of hydrogen-bond donors (Lipinski definition) is 2. The van der Waals surface area contributed by atoms with Crippen molar-refractivity contribution in [2.45, 2.75) is 32.7 Å². The van der Waals surface area contributed by atoms with Crippen LogP contribution in [0.4, 0.5) is 0 Å². The third-order valence-electron chi connectivity index (χ3n) is 3.99. The van der Waals surface area contributed by atoms with Crippen LogP contribution in [0.5, 0.6) is 0 Å². The zero-order chi connectivity index (χ0) is 14.8. The van der Waals surface area contributed by atoms with Crippen molar-refractivity contribution in [2.24, 2.45) is 5.92 Å². The van der Waals surface area contributed by atoms with Crippen LogP contribution in [-0.4, -0.2) is 30.2 Å². The topological polar surface area (TPSA) is 67.0 Å². The van der Waals surface area contributed by atoms with Gasteiger partial charge in [-0.15, -0.1) is 11.3 Å². The average Bonchev–Trinajstić information content (AvgIpc) is 2.81. The van der Waals surface area contributed by atoms with E-state index in [9.17, 15) is 4.79 Å². The molecular formula is C15H21N3O2S. The first-order valence-electron chi connectivity index (χ1n) is 7.42. The van der Waals surface area contributed by atoms with Crippen LogP contribution >= 0.6 is 11.3 Å². The molecule has 6 heteroatoms. The van der Waals surface area contributed by atoms with Gasteiger partial charge in [-0.2, -0.15) is 0 Å². The Morgan fingerprint density at radius 2 is 2.38 bits per heavy atom. The molecule has 21 heavy (non-hydrogen) atoms. The molecule has 0 fully saturated rings. The number of hydrogen-bond acceptors (Lipinski definition) is 5. The summed E-state index contributed by atoms with van der Waals surface area (Å²) in [6.45, 7) is 4.23. The Kier molecular flexibility index (Phi) is 4.37. The fourth-order valence-corrected chi connectivity index (χ4v) is 4.26. The maximum absolute atomic E-state index is 12.4. The quantitative estimate of drug-likeness (QED) is 0.827. The second-order valence-corrected chi connectivity index (χ2v) is 6.80. The van der Waals surface area contributed by atoms with Crippen LogP contribution in [0.25, 0.3) is 10.2 Å². The van der Waals surface area contributed by atoms with E-state index in [0.717, 1.165) is 29.6 Å². The lowest BCUT2D eigenvalue weighted by molar-refractivity contribution is 0.199. The van der Waals surface area contributed by atoms with E-state index < -0.39 is 0 Å². The van der Waals surface area contributed by atoms with Gasteiger partial charge in [0.05, 0.1) is 18.5 Å². The first kappa shape index (κ1) is 14.7. The summed E-state index contributed by atoms with van der Waals surface area (Å²) in [4.78, 5) is 22.1. The highest BCUT2D eigenvalue weighted by Gasteiger charge is 2.22. The Balaban J connectivity index is 1.88. The molecule has 1 atom stereocenters. The van der Waals surface area contributed by atoms with Gasteiger partial charge in [-0.3, -0.25) is 4.79 Å². The lowest BCUT2D eigenvalue weighted by Gasteiger charge is -2.17. The summed E-state index contributed by atoms with van der Waals surface area (Å²) in [5, 5.41) is 4.03. The van der Waals surface area contributed by atoms with Crippen molar-refractivity contribution >= 4 is 21.6 Å². The molecule has 0 spiro atoms. The SMILES string of the molecule is COCCNCc1nc2sc3c(c2c(=O)[nH]1)CC[C@H](C)C3. The molecule has 1 aliphatic carbocycles. The number of nitrogens with one attached hydrogen (secondary N) is 2. The summed E-state index contributed by atoms with van der Waals surface area (Å²) < 4.78 is 4.99. The summed E-state index contributed by atoms with van der Waals surface area (Å²) in [6.07, 6.45) is 3.25. The highest BCUT2D eigenvalue weighted by molar-refractivity contribution is 7.18. The zero-order valence-corrected chi connectivity index (χ0v) is 13.3. The Labute approximate surface area is 127 Å². The Morgan fingerprint density at radius 1 is 1.52 bits per heavy atom. The molecule has 3 rings (SSSR count). The maximum Gasteiger partial charge on any atom is 0.259 e. The van der Waals surface area contributed by atoms with Crippen LogP contribution in [0, 0.1) is 5.92 Å². The Bertz CT molecular complexity index is 692. The average molecular weight is 307 g/mol. The fraction of sp³-hybridized carbons (Fsp3) is 0.600. The van der Waals surface area contributed by atoms with Gasteiger partial charge in [-0.25, -0.2) is 4.98 Å². The van der Waals surface area contributed by atoms with E-state index in [-0.39, 0.29) is 5.56 Å². The molecule has 0 saturated carbocycles. The molecule has 0 aromatic carbocycles. The number of H-pyrrole nitrogens is 1. The minimum atomic E-state index is 0.00981. The number of thiophene rings is 1. The number of methoxy groups -OCH3 is 1. The molecule has 114 valence electrons. The summed E-state index contributed by atoms with van der Waals surface area (Å²) in [7, 11) is 1.67. The van der Waals surface area contributed by atoms with Gasteiger partial charge < -0.3 is 15.0 Å². The Morgan fingerprint density at radius 3 is 3.19 bits per heavy atom. The predicted octanol–water partition coefficient (Wildman–Crippen LogP) is 1.85. The standard InChI is InChI=1S/C15H21N3O2S/c1-9-3-4-10-11(7-9)21-15-13(10)14(19)17-12(18-15)8-16-5-6-20-2/h9,16H,3-8H2,1-2H3,(H,17,18,19)/t9-/m0/s1. The van der Waals surface area contributed by atoms with E-state index in [1.54, 1.807) is 18.4 Å². The molecule has 1 aliphatic rings. The first-order chi connectivity index (χ1) is 10.2. The highest BCUT2D eigenvalue weighted by Crippen LogP contribution is 2.35. The van der Waals surface area contributed by atoms with Crippen molar-refractivity contribution in [3.8, 4) is 0 Å². The molecule has 2 heterocycles. The molecule has 0 amide bonds. The molecule has 5 nitrogen and oxygen atoms in total. The lowest BCUT2D eigenvalue weighted by Crippen LogP contribution is -2.22. The number of aromatic nitrogens is 2. The molecule has 0 unspecified atom stereocenters. The molecule has 2 N–H and O–H groups in total. The minimum Gasteiger partial charge on any atom is -0.383 e. The summed E-state index contributed by atoms with van der Waals surface area (Å²) in [6, 6.07) is 0. The Hall–Kier alpha value is -1.24. The van der Waals surface area contributed by atoms with Crippen LogP contribution in [0.1, 0.15) is 29.6 Å². The van der Waals surface area contributed by atoms with Crippen molar-refractivity contribution in [1.29, 1.82) is 0 Å². The van der Waals surface area contributed by atoms with E-state index in [1.165, 1.54) is 16.9 Å². The largest absolute Gasteiger partial charge is 0.383 e. The number of ether oxygens (including phenoxy) is 1. The van der Waals surface area contributed by atoms with Gasteiger partial charge in [0.15, 0.2) is 0 Å². The number of aryl methyl sites for hydroxylation is 1. The summed E-state index contributed by atoms with van der Waals surface area (Å²) >= 11 is 1.69. The van der Waals surface area contributed by atoms with Crippen LogP contribution in [0.2, 0.25) is 0 Å². The van der Waals surface area contributed by atoms with Crippen LogP contribution in [0.15, 0.2) is 4.79 Å². The van der Waals surface area contributed by atoms with E-state index in [0.29, 0.717) is 24.9 Å². The second kappa shape index (κ2) is 6.25. The lowest BCUT2D eigenvalue weighted by atomic mass is 9.89. The molecule has 0 aliphatic heterocycles. The van der Waals surface area contributed by atoms with E-state index >= 15 is 0 Å². The van der Waals surface area contributed by atoms with E-state index in [4.69, 9.17) is 4.74 Å². The smallest absolute Gasteiger partial charge is 0.259 e. The van der Waals surface area contributed by atoms with Gasteiger partial charge in [0.25, 0.3) is 5.56 Å². The normalized spacial score (nSPS) is 18.1. The summed E-state index contributed by atoms with van der Waals surface area (Å²) in [5.74, 6) is 1.41. The third kappa shape index (κ3) is 3.02. The number of nitrogens with zero attached hydrogens (tertiary/aromatic N) is 1. The van der Waals surface area contributed by atoms with Crippen molar-refractivity contribution < 1.29 is 4.74 Å². The van der Waals surface area contributed by atoms with Crippen LogP contribution < -0.4 is 10.9 Å². The molecular weight excluding hydrogens is 286 g/mol. The number of rotatable bonds is 5. The zero-order valence-electron chi connectivity index (χ0n) is 12.5. The van der Waals surface area contributed by atoms with Crippen molar-refractivity contribution in [3.05, 3.63) is 26.6 Å². The maximum atomic E-state index is 12.4. The number of fused-ring (bicyclic) bond motifs is 3. The monoisotopic (exact) mass is 307 g/mol. The van der Waals surface area contributed by atoms with Gasteiger partial charge in [0.1, 0.15) is 10.7 Å². The van der Waals surface area contributed by atoms with Gasteiger partial charge in [0.2, 0.25) is 0 Å². The molecule has 2 aromatic heterocycles. The highest BCUT2D eigenvalue weighted by atomic mass is 32.1. The summed E-state index contributed by atoms with van der Waals surface area (Å²) in [5.41, 5.74) is 1.25. The minimum absolute atomic E-state index is 0.00981.